The van der Waals surface area contributed by atoms with Crippen molar-refractivity contribution in [2.75, 3.05) is 10.2 Å². The molecule has 1 fully saturated rings. The SMILES string of the molecule is Cc1ccc(N2C(=O)/C(=C/c3ccc(Sc4nc5ccc(NC(=O)c6ccccc6Cl)cc5s4)c([N+](=O)[O-])c3)C(=O)NC2=S)cc1. The van der Waals surface area contributed by atoms with E-state index in [2.05, 4.69) is 15.6 Å². The van der Waals surface area contributed by atoms with E-state index in [1.807, 2.05) is 19.1 Å². The Hall–Kier alpha value is -4.95. The van der Waals surface area contributed by atoms with E-state index in [0.717, 1.165) is 22.0 Å². The standard InChI is InChI=1S/C32H20ClN5O5S3/c1-17-6-10-20(11-7-17)37-30(41)22(29(40)36-31(37)44)14-18-8-13-26(25(15-18)38(42)43)45-32-35-24-12-9-19(16-27(24)46-32)34-28(39)21-4-2-3-5-23(21)33/h2-16H,1H3,(H,34,39)(H,36,40,44)/b22-14+. The van der Waals surface area contributed by atoms with Crippen LogP contribution in [0.5, 0.6) is 0 Å². The molecule has 0 atom stereocenters. The van der Waals surface area contributed by atoms with Crippen LogP contribution in [-0.2, 0) is 9.59 Å². The second kappa shape index (κ2) is 12.8. The number of anilines is 2. The van der Waals surface area contributed by atoms with Gasteiger partial charge in [-0.15, -0.1) is 11.3 Å². The van der Waals surface area contributed by atoms with Gasteiger partial charge in [0, 0.05) is 11.8 Å². The van der Waals surface area contributed by atoms with Crippen molar-refractivity contribution in [3.63, 3.8) is 0 Å². The summed E-state index contributed by atoms with van der Waals surface area (Å²) in [7, 11) is 0. The summed E-state index contributed by atoms with van der Waals surface area (Å²) in [5.41, 5.74) is 2.86. The van der Waals surface area contributed by atoms with Crippen LogP contribution in [0.1, 0.15) is 21.5 Å². The molecule has 228 valence electrons. The van der Waals surface area contributed by atoms with Gasteiger partial charge < -0.3 is 5.32 Å². The summed E-state index contributed by atoms with van der Waals surface area (Å²) in [4.78, 5) is 56.5. The Kier molecular flexibility index (Phi) is 8.65. The van der Waals surface area contributed by atoms with Crippen LogP contribution in [0.2, 0.25) is 5.02 Å². The molecule has 0 saturated carbocycles. The molecule has 0 aliphatic carbocycles. The van der Waals surface area contributed by atoms with Crippen LogP contribution in [-0.4, -0.2) is 32.7 Å². The number of nitrogens with one attached hydrogen (secondary N) is 2. The second-order valence-corrected chi connectivity index (χ2v) is 13.1. The van der Waals surface area contributed by atoms with Gasteiger partial charge in [0.25, 0.3) is 23.4 Å². The molecular weight excluding hydrogens is 666 g/mol. The number of halogens is 1. The molecule has 2 heterocycles. The molecule has 6 rings (SSSR count). The largest absolute Gasteiger partial charge is 0.322 e. The van der Waals surface area contributed by atoms with E-state index in [4.69, 9.17) is 23.8 Å². The molecule has 0 spiro atoms. The van der Waals surface area contributed by atoms with Crippen LogP contribution in [0.4, 0.5) is 17.1 Å². The maximum atomic E-state index is 13.4. The summed E-state index contributed by atoms with van der Waals surface area (Å²) in [6, 6.07) is 23.4. The quantitative estimate of drug-likeness (QED) is 0.0595. The maximum Gasteiger partial charge on any atom is 0.283 e. The number of carbonyl (C=O) groups excluding carboxylic acids is 3. The molecule has 4 aromatic carbocycles. The van der Waals surface area contributed by atoms with Crippen molar-refractivity contribution >= 4 is 103 Å². The Balaban J connectivity index is 1.24. The first-order chi connectivity index (χ1) is 22.1. The Morgan fingerprint density at radius 1 is 1.09 bits per heavy atom. The van der Waals surface area contributed by atoms with Crippen molar-refractivity contribution in [1.82, 2.24) is 10.3 Å². The fourth-order valence-electron chi connectivity index (χ4n) is 4.57. The predicted octanol–water partition coefficient (Wildman–Crippen LogP) is 7.40. The molecule has 3 amide bonds. The van der Waals surface area contributed by atoms with E-state index in [1.54, 1.807) is 66.7 Å². The zero-order chi connectivity index (χ0) is 32.5. The fraction of sp³-hybridized carbons (Fsp3) is 0.0312. The summed E-state index contributed by atoms with van der Waals surface area (Å²) < 4.78 is 1.31. The minimum Gasteiger partial charge on any atom is -0.322 e. The third-order valence-corrected chi connectivity index (χ3v) is 9.59. The first-order valence-corrected chi connectivity index (χ1v) is 15.9. The summed E-state index contributed by atoms with van der Waals surface area (Å²) in [5, 5.41) is 17.7. The topological polar surface area (TPSA) is 135 Å². The van der Waals surface area contributed by atoms with Crippen LogP contribution in [0.3, 0.4) is 0 Å². The number of nitrogens with zero attached hydrogens (tertiary/aromatic N) is 3. The van der Waals surface area contributed by atoms with Crippen molar-refractivity contribution in [3.05, 3.63) is 122 Å². The van der Waals surface area contributed by atoms with Crippen molar-refractivity contribution in [1.29, 1.82) is 0 Å². The lowest BCUT2D eigenvalue weighted by atomic mass is 10.1. The highest BCUT2D eigenvalue weighted by molar-refractivity contribution is 8.01. The first kappa shape index (κ1) is 31.0. The third kappa shape index (κ3) is 6.39. The number of thiazole rings is 1. The lowest BCUT2D eigenvalue weighted by molar-refractivity contribution is -0.387. The summed E-state index contributed by atoms with van der Waals surface area (Å²) in [6.07, 6.45) is 1.30. The van der Waals surface area contributed by atoms with Gasteiger partial charge in [-0.2, -0.15) is 0 Å². The van der Waals surface area contributed by atoms with E-state index >= 15 is 0 Å². The fourth-order valence-corrected chi connectivity index (χ4v) is 7.22. The van der Waals surface area contributed by atoms with Crippen LogP contribution >= 0.6 is 46.9 Å². The minimum atomic E-state index is -0.698. The number of nitro groups is 1. The molecule has 0 unspecified atom stereocenters. The summed E-state index contributed by atoms with van der Waals surface area (Å²) >= 11 is 13.8. The van der Waals surface area contributed by atoms with Gasteiger partial charge in [0.05, 0.1) is 36.3 Å². The summed E-state index contributed by atoms with van der Waals surface area (Å²) in [5.74, 6) is -1.69. The van der Waals surface area contributed by atoms with E-state index < -0.39 is 16.7 Å². The Bertz CT molecular complexity index is 2130. The number of amides is 3. The Labute approximate surface area is 280 Å². The molecule has 2 N–H and O–H groups in total. The number of benzene rings is 4. The molecule has 1 aliphatic rings. The number of aryl methyl sites for hydroxylation is 1. The Morgan fingerprint density at radius 2 is 1.85 bits per heavy atom. The Morgan fingerprint density at radius 3 is 2.59 bits per heavy atom. The monoisotopic (exact) mass is 685 g/mol. The zero-order valence-corrected chi connectivity index (χ0v) is 26.9. The van der Waals surface area contributed by atoms with E-state index in [-0.39, 0.29) is 27.8 Å². The van der Waals surface area contributed by atoms with Crippen LogP contribution < -0.4 is 15.5 Å². The van der Waals surface area contributed by atoms with E-state index in [0.29, 0.717) is 36.7 Å². The number of aromatic nitrogens is 1. The maximum absolute atomic E-state index is 13.4. The van der Waals surface area contributed by atoms with Gasteiger partial charge in [-0.25, -0.2) is 4.98 Å². The van der Waals surface area contributed by atoms with Gasteiger partial charge in [-0.05, 0) is 79.3 Å². The van der Waals surface area contributed by atoms with Crippen molar-refractivity contribution in [3.8, 4) is 0 Å². The lowest BCUT2D eigenvalue weighted by Gasteiger charge is -2.29. The lowest BCUT2D eigenvalue weighted by Crippen LogP contribution is -2.54. The van der Waals surface area contributed by atoms with E-state index in [1.165, 1.54) is 28.4 Å². The molecule has 1 aliphatic heterocycles. The average Bonchev–Trinajstić information content (AvgIpc) is 3.42. The van der Waals surface area contributed by atoms with Gasteiger partial charge in [-0.1, -0.05) is 59.3 Å². The molecule has 0 bridgehead atoms. The number of thiocarbonyl (C=S) groups is 1. The van der Waals surface area contributed by atoms with Gasteiger partial charge in [0.1, 0.15) is 5.57 Å². The number of carbonyl (C=O) groups is 3. The molecule has 0 radical (unpaired) electrons. The molecule has 46 heavy (non-hydrogen) atoms. The number of fused-ring (bicyclic) bond motifs is 1. The van der Waals surface area contributed by atoms with Crippen molar-refractivity contribution < 1.29 is 19.3 Å². The van der Waals surface area contributed by atoms with Crippen LogP contribution in [0.25, 0.3) is 16.3 Å². The molecule has 5 aromatic rings. The number of nitro benzene ring substituents is 1. The molecule has 14 heteroatoms. The van der Waals surface area contributed by atoms with Gasteiger partial charge in [0.2, 0.25) is 0 Å². The highest BCUT2D eigenvalue weighted by Crippen LogP contribution is 2.40. The van der Waals surface area contributed by atoms with E-state index in [9.17, 15) is 24.5 Å². The summed E-state index contributed by atoms with van der Waals surface area (Å²) in [6.45, 7) is 1.90. The second-order valence-electron chi connectivity index (χ2n) is 9.98. The normalized spacial score (nSPS) is 14.1. The zero-order valence-electron chi connectivity index (χ0n) is 23.6. The first-order valence-electron chi connectivity index (χ1n) is 13.5. The number of hydrogen-bond donors (Lipinski definition) is 2. The van der Waals surface area contributed by atoms with Gasteiger partial charge >= 0.3 is 0 Å². The number of hydrogen-bond acceptors (Lipinski definition) is 9. The van der Waals surface area contributed by atoms with Gasteiger partial charge in [0.15, 0.2) is 9.45 Å². The minimum absolute atomic E-state index is 0.0559. The molecule has 1 saturated heterocycles. The average molecular weight is 686 g/mol. The predicted molar refractivity (Wildman–Crippen MR) is 184 cm³/mol. The smallest absolute Gasteiger partial charge is 0.283 e. The third-order valence-electron chi connectivity index (χ3n) is 6.83. The highest BCUT2D eigenvalue weighted by atomic mass is 35.5. The van der Waals surface area contributed by atoms with Crippen molar-refractivity contribution in [2.24, 2.45) is 0 Å². The van der Waals surface area contributed by atoms with Gasteiger partial charge in [-0.3, -0.25) is 34.7 Å². The number of rotatable bonds is 7. The molecular formula is C32H20ClN5O5S3. The molecule has 10 nitrogen and oxygen atoms in total. The highest BCUT2D eigenvalue weighted by Gasteiger charge is 2.34. The van der Waals surface area contributed by atoms with Crippen LogP contribution in [0.15, 0.2) is 99.7 Å². The van der Waals surface area contributed by atoms with Crippen molar-refractivity contribution in [2.45, 2.75) is 16.2 Å². The van der Waals surface area contributed by atoms with Crippen LogP contribution in [0, 0.1) is 17.0 Å². The molecule has 1 aromatic heterocycles.